The molecule has 134 valence electrons. The van der Waals surface area contributed by atoms with Crippen LogP contribution in [0.3, 0.4) is 0 Å². The molecule has 1 N–H and O–H groups in total. The Morgan fingerprint density at radius 2 is 1.96 bits per heavy atom. The van der Waals surface area contributed by atoms with Crippen LogP contribution in [0.1, 0.15) is 49.4 Å². The van der Waals surface area contributed by atoms with E-state index in [1.807, 2.05) is 0 Å². The number of nitrogens with zero attached hydrogens (tertiary/aromatic N) is 3. The van der Waals surface area contributed by atoms with Crippen LogP contribution in [0.25, 0.3) is 11.0 Å². The minimum Gasteiger partial charge on any atom is -0.342 e. The Morgan fingerprint density at radius 1 is 1.16 bits per heavy atom. The van der Waals surface area contributed by atoms with Crippen molar-refractivity contribution in [3.8, 4) is 0 Å². The number of aromatic amines is 1. The van der Waals surface area contributed by atoms with Gasteiger partial charge in [0, 0.05) is 19.0 Å². The molecule has 5 heteroatoms. The molecule has 2 aliphatic rings. The number of nitrogens with one attached hydrogen (secondary N) is 1. The average molecular weight is 340 g/mol. The monoisotopic (exact) mass is 340 g/mol. The lowest BCUT2D eigenvalue weighted by atomic mass is 9.94. The molecule has 4 rings (SSSR count). The number of rotatable bonds is 2. The quantitative estimate of drug-likeness (QED) is 0.914. The van der Waals surface area contributed by atoms with Crippen LogP contribution in [0.15, 0.2) is 18.2 Å². The van der Waals surface area contributed by atoms with E-state index in [0.717, 1.165) is 55.8 Å². The third-order valence-corrected chi connectivity index (χ3v) is 5.98. The molecular formula is C20H28N4O. The second kappa shape index (κ2) is 6.79. The Kier molecular flexibility index (Phi) is 4.50. The smallest absolute Gasteiger partial charge is 0.239 e. The zero-order valence-electron chi connectivity index (χ0n) is 15.3. The zero-order chi connectivity index (χ0) is 17.4. The molecule has 3 heterocycles. The number of likely N-dealkylation sites (N-methyl/N-ethyl adjacent to an activating group) is 1. The predicted octanol–water partition coefficient (Wildman–Crippen LogP) is 3.06. The molecular weight excluding hydrogens is 312 g/mol. The Bertz CT molecular complexity index is 760. The van der Waals surface area contributed by atoms with E-state index >= 15 is 0 Å². The number of carbonyl (C=O) groups is 1. The Labute approximate surface area is 149 Å². The number of aromatic nitrogens is 2. The Morgan fingerprint density at radius 3 is 2.68 bits per heavy atom. The minimum absolute atomic E-state index is 0.0964. The topological polar surface area (TPSA) is 52.2 Å². The maximum Gasteiger partial charge on any atom is 0.239 e. The number of likely N-dealkylation sites (tertiary alicyclic amines) is 2. The van der Waals surface area contributed by atoms with Crippen LogP contribution in [0, 0.1) is 6.92 Å². The summed E-state index contributed by atoms with van der Waals surface area (Å²) >= 11 is 0. The van der Waals surface area contributed by atoms with Crippen molar-refractivity contribution in [2.75, 3.05) is 26.7 Å². The molecule has 1 unspecified atom stereocenters. The molecule has 25 heavy (non-hydrogen) atoms. The number of hydrogen-bond acceptors (Lipinski definition) is 3. The second-order valence-electron chi connectivity index (χ2n) is 7.68. The number of hydrogen-bond donors (Lipinski definition) is 1. The van der Waals surface area contributed by atoms with E-state index in [0.29, 0.717) is 11.8 Å². The molecule has 1 atom stereocenters. The highest BCUT2D eigenvalue weighted by molar-refractivity contribution is 5.82. The summed E-state index contributed by atoms with van der Waals surface area (Å²) in [7, 11) is 2.09. The van der Waals surface area contributed by atoms with Crippen molar-refractivity contribution in [2.24, 2.45) is 0 Å². The number of imidazole rings is 1. The molecule has 1 aromatic carbocycles. The molecule has 0 spiro atoms. The number of carbonyl (C=O) groups excluding carboxylic acids is 1. The molecule has 5 nitrogen and oxygen atoms in total. The van der Waals surface area contributed by atoms with Crippen molar-refractivity contribution in [2.45, 2.75) is 51.0 Å². The van der Waals surface area contributed by atoms with Gasteiger partial charge in [-0.15, -0.1) is 0 Å². The van der Waals surface area contributed by atoms with Crippen molar-refractivity contribution < 1.29 is 4.79 Å². The summed E-state index contributed by atoms with van der Waals surface area (Å²) in [6.07, 6.45) is 5.41. The largest absolute Gasteiger partial charge is 0.342 e. The summed E-state index contributed by atoms with van der Waals surface area (Å²) in [6.45, 7) is 4.86. The van der Waals surface area contributed by atoms with Gasteiger partial charge in [0.2, 0.25) is 5.91 Å². The fourth-order valence-electron chi connectivity index (χ4n) is 4.36. The van der Waals surface area contributed by atoms with E-state index < -0.39 is 0 Å². The van der Waals surface area contributed by atoms with E-state index in [9.17, 15) is 4.79 Å². The molecule has 1 aromatic heterocycles. The third-order valence-electron chi connectivity index (χ3n) is 5.98. The predicted molar refractivity (Wildman–Crippen MR) is 99.7 cm³/mol. The van der Waals surface area contributed by atoms with E-state index in [1.165, 1.54) is 18.4 Å². The van der Waals surface area contributed by atoms with Gasteiger partial charge in [0.05, 0.1) is 17.1 Å². The highest BCUT2D eigenvalue weighted by Crippen LogP contribution is 2.29. The van der Waals surface area contributed by atoms with Crippen LogP contribution in [0.5, 0.6) is 0 Å². The number of fused-ring (bicyclic) bond motifs is 1. The van der Waals surface area contributed by atoms with Gasteiger partial charge in [-0.05, 0) is 57.8 Å². The molecule has 1 amide bonds. The van der Waals surface area contributed by atoms with Crippen molar-refractivity contribution >= 4 is 16.9 Å². The van der Waals surface area contributed by atoms with Crippen molar-refractivity contribution in [3.63, 3.8) is 0 Å². The third kappa shape index (κ3) is 3.17. The number of para-hydroxylation sites is 1. The first kappa shape index (κ1) is 16.6. The van der Waals surface area contributed by atoms with Gasteiger partial charge in [0.15, 0.2) is 0 Å². The molecule has 0 saturated carbocycles. The van der Waals surface area contributed by atoms with Gasteiger partial charge in [0.1, 0.15) is 5.82 Å². The summed E-state index contributed by atoms with van der Waals surface area (Å²) in [5.41, 5.74) is 3.42. The van der Waals surface area contributed by atoms with E-state index in [-0.39, 0.29) is 6.04 Å². The number of piperidine rings is 2. The summed E-state index contributed by atoms with van der Waals surface area (Å²) < 4.78 is 0. The fraction of sp³-hybridized carbons (Fsp3) is 0.600. The summed E-state index contributed by atoms with van der Waals surface area (Å²) in [6, 6.07) is 6.37. The fourth-order valence-corrected chi connectivity index (χ4v) is 4.36. The molecule has 0 aliphatic carbocycles. The van der Waals surface area contributed by atoms with Gasteiger partial charge < -0.3 is 9.88 Å². The maximum atomic E-state index is 12.9. The molecule has 2 aromatic rings. The normalized spacial score (nSPS) is 23.3. The summed E-state index contributed by atoms with van der Waals surface area (Å²) in [5.74, 6) is 1.85. The SMILES string of the molecule is Cc1cccc2[nH]c(C3CCN(C(=O)C4CCCCN4C)CC3)nc12. The number of amides is 1. The summed E-state index contributed by atoms with van der Waals surface area (Å²) in [5, 5.41) is 0. The van der Waals surface area contributed by atoms with Crippen LogP contribution in [0.4, 0.5) is 0 Å². The molecule has 0 radical (unpaired) electrons. The van der Waals surface area contributed by atoms with Crippen LogP contribution >= 0.6 is 0 Å². The van der Waals surface area contributed by atoms with Gasteiger partial charge in [-0.2, -0.15) is 0 Å². The van der Waals surface area contributed by atoms with Gasteiger partial charge in [0.25, 0.3) is 0 Å². The maximum absolute atomic E-state index is 12.9. The van der Waals surface area contributed by atoms with Crippen molar-refractivity contribution in [1.82, 2.24) is 19.8 Å². The van der Waals surface area contributed by atoms with E-state index in [2.05, 4.69) is 47.0 Å². The lowest BCUT2D eigenvalue weighted by Gasteiger charge is -2.38. The van der Waals surface area contributed by atoms with Crippen molar-refractivity contribution in [1.29, 1.82) is 0 Å². The van der Waals surface area contributed by atoms with Crippen LogP contribution < -0.4 is 0 Å². The van der Waals surface area contributed by atoms with E-state index in [1.54, 1.807) is 0 Å². The average Bonchev–Trinajstić information content (AvgIpc) is 3.07. The highest BCUT2D eigenvalue weighted by atomic mass is 16.2. The Hall–Kier alpha value is -1.88. The number of H-pyrrole nitrogens is 1. The lowest BCUT2D eigenvalue weighted by Crippen LogP contribution is -2.51. The van der Waals surface area contributed by atoms with Crippen LogP contribution in [0.2, 0.25) is 0 Å². The van der Waals surface area contributed by atoms with Crippen LogP contribution in [-0.2, 0) is 4.79 Å². The standard InChI is InChI=1S/C20H28N4O/c1-14-6-5-7-16-18(14)22-19(21-16)15-9-12-24(13-10-15)20(25)17-8-3-4-11-23(17)2/h5-7,15,17H,3-4,8-13H2,1-2H3,(H,21,22). The molecule has 2 fully saturated rings. The molecule has 2 saturated heterocycles. The first-order chi connectivity index (χ1) is 12.1. The zero-order valence-corrected chi connectivity index (χ0v) is 15.3. The van der Waals surface area contributed by atoms with Gasteiger partial charge in [-0.25, -0.2) is 4.98 Å². The Balaban J connectivity index is 1.42. The second-order valence-corrected chi connectivity index (χ2v) is 7.68. The summed E-state index contributed by atoms with van der Waals surface area (Å²) in [4.78, 5) is 25.5. The highest BCUT2D eigenvalue weighted by Gasteiger charge is 2.32. The molecule has 0 bridgehead atoms. The van der Waals surface area contributed by atoms with Crippen LogP contribution in [-0.4, -0.2) is 58.4 Å². The van der Waals surface area contributed by atoms with Gasteiger partial charge in [-0.3, -0.25) is 9.69 Å². The number of aryl methyl sites for hydroxylation is 1. The van der Waals surface area contributed by atoms with Crippen molar-refractivity contribution in [3.05, 3.63) is 29.6 Å². The van der Waals surface area contributed by atoms with Gasteiger partial charge >= 0.3 is 0 Å². The minimum atomic E-state index is 0.0964. The van der Waals surface area contributed by atoms with Gasteiger partial charge in [-0.1, -0.05) is 18.6 Å². The lowest BCUT2D eigenvalue weighted by molar-refractivity contribution is -0.138. The molecule has 2 aliphatic heterocycles. The first-order valence-electron chi connectivity index (χ1n) is 9.58. The van der Waals surface area contributed by atoms with E-state index in [4.69, 9.17) is 4.98 Å². The first-order valence-corrected chi connectivity index (χ1v) is 9.58. The number of benzene rings is 1.